The maximum atomic E-state index is 2.62. The van der Waals surface area contributed by atoms with Crippen LogP contribution in [0.5, 0.6) is 0 Å². The SMILES string of the molecule is CCN1CC2CCC=C(C)CC2C1. The number of nitrogens with zero attached hydrogens (tertiary/aromatic N) is 1. The molecule has 1 heteroatoms. The Labute approximate surface area is 81.8 Å². The van der Waals surface area contributed by atoms with Gasteiger partial charge in [0.1, 0.15) is 0 Å². The van der Waals surface area contributed by atoms with E-state index in [4.69, 9.17) is 0 Å². The molecule has 2 aliphatic rings. The van der Waals surface area contributed by atoms with E-state index in [2.05, 4.69) is 24.8 Å². The van der Waals surface area contributed by atoms with E-state index in [1.165, 1.54) is 38.9 Å². The summed E-state index contributed by atoms with van der Waals surface area (Å²) < 4.78 is 0. The molecule has 0 aromatic heterocycles. The van der Waals surface area contributed by atoms with Gasteiger partial charge in [-0.25, -0.2) is 0 Å². The maximum Gasteiger partial charge on any atom is 0.00159 e. The largest absolute Gasteiger partial charge is 0.303 e. The Hall–Kier alpha value is -0.300. The van der Waals surface area contributed by atoms with Crippen LogP contribution in [-0.4, -0.2) is 24.5 Å². The smallest absolute Gasteiger partial charge is 0.00159 e. The van der Waals surface area contributed by atoms with Gasteiger partial charge in [-0.05, 0) is 44.6 Å². The zero-order valence-corrected chi connectivity index (χ0v) is 8.92. The predicted octanol–water partition coefficient (Wildman–Crippen LogP) is 2.68. The highest BCUT2D eigenvalue weighted by molar-refractivity contribution is 5.05. The number of hydrogen-bond acceptors (Lipinski definition) is 1. The van der Waals surface area contributed by atoms with Gasteiger partial charge in [-0.2, -0.15) is 0 Å². The molecule has 0 N–H and O–H groups in total. The number of rotatable bonds is 1. The molecule has 2 rings (SSSR count). The van der Waals surface area contributed by atoms with Crippen LogP contribution in [0, 0.1) is 11.8 Å². The van der Waals surface area contributed by atoms with E-state index < -0.39 is 0 Å². The van der Waals surface area contributed by atoms with Gasteiger partial charge in [0.2, 0.25) is 0 Å². The Morgan fingerprint density at radius 3 is 2.92 bits per heavy atom. The van der Waals surface area contributed by atoms with Gasteiger partial charge >= 0.3 is 0 Å². The van der Waals surface area contributed by atoms with Crippen LogP contribution in [0.4, 0.5) is 0 Å². The fraction of sp³-hybridized carbons (Fsp3) is 0.833. The first-order valence-electron chi connectivity index (χ1n) is 5.67. The van der Waals surface area contributed by atoms with Crippen LogP contribution >= 0.6 is 0 Å². The number of allylic oxidation sites excluding steroid dienone is 2. The molecular weight excluding hydrogens is 158 g/mol. The van der Waals surface area contributed by atoms with E-state index in [0.717, 1.165) is 11.8 Å². The van der Waals surface area contributed by atoms with Gasteiger partial charge in [-0.15, -0.1) is 0 Å². The van der Waals surface area contributed by atoms with E-state index in [9.17, 15) is 0 Å². The average molecular weight is 179 g/mol. The molecule has 0 bridgehead atoms. The van der Waals surface area contributed by atoms with Crippen molar-refractivity contribution in [3.8, 4) is 0 Å². The average Bonchev–Trinajstić information content (AvgIpc) is 2.41. The summed E-state index contributed by atoms with van der Waals surface area (Å²) in [7, 11) is 0. The molecule has 0 spiro atoms. The predicted molar refractivity (Wildman–Crippen MR) is 56.7 cm³/mol. The molecule has 2 atom stereocenters. The minimum absolute atomic E-state index is 0.971. The van der Waals surface area contributed by atoms with Crippen molar-refractivity contribution in [3.05, 3.63) is 11.6 Å². The summed E-state index contributed by atoms with van der Waals surface area (Å²) in [5, 5.41) is 0. The quantitative estimate of drug-likeness (QED) is 0.559. The molecule has 74 valence electrons. The first-order chi connectivity index (χ1) is 6.29. The van der Waals surface area contributed by atoms with E-state index in [1.54, 1.807) is 5.57 Å². The number of hydrogen-bond donors (Lipinski definition) is 0. The van der Waals surface area contributed by atoms with E-state index >= 15 is 0 Å². The van der Waals surface area contributed by atoms with Gasteiger partial charge in [0.25, 0.3) is 0 Å². The molecule has 0 aromatic carbocycles. The minimum Gasteiger partial charge on any atom is -0.303 e. The molecule has 0 amide bonds. The van der Waals surface area contributed by atoms with Gasteiger partial charge in [-0.3, -0.25) is 0 Å². The molecule has 0 aromatic rings. The molecule has 1 aliphatic carbocycles. The summed E-state index contributed by atoms with van der Waals surface area (Å²) in [6.45, 7) is 8.55. The molecule has 1 saturated heterocycles. The highest BCUT2D eigenvalue weighted by Crippen LogP contribution is 2.34. The normalized spacial score (nSPS) is 35.4. The van der Waals surface area contributed by atoms with Crippen LogP contribution < -0.4 is 0 Å². The highest BCUT2D eigenvalue weighted by Gasteiger charge is 2.32. The van der Waals surface area contributed by atoms with Crippen LogP contribution in [0.3, 0.4) is 0 Å². The second-order valence-electron chi connectivity index (χ2n) is 4.70. The lowest BCUT2D eigenvalue weighted by Crippen LogP contribution is -2.20. The summed E-state index contributed by atoms with van der Waals surface area (Å²) in [6.07, 6.45) is 6.57. The summed E-state index contributed by atoms with van der Waals surface area (Å²) in [4.78, 5) is 2.62. The van der Waals surface area contributed by atoms with Crippen LogP contribution in [0.2, 0.25) is 0 Å². The Balaban J connectivity index is 2.00. The summed E-state index contributed by atoms with van der Waals surface area (Å²) in [5.74, 6) is 1.97. The minimum atomic E-state index is 0.971. The third kappa shape index (κ3) is 1.96. The summed E-state index contributed by atoms with van der Waals surface area (Å²) >= 11 is 0. The van der Waals surface area contributed by atoms with Crippen molar-refractivity contribution in [1.82, 2.24) is 4.90 Å². The summed E-state index contributed by atoms with van der Waals surface area (Å²) in [6, 6.07) is 0. The first-order valence-corrected chi connectivity index (χ1v) is 5.67. The van der Waals surface area contributed by atoms with E-state index in [-0.39, 0.29) is 0 Å². The maximum absolute atomic E-state index is 2.62. The fourth-order valence-corrected chi connectivity index (χ4v) is 2.89. The topological polar surface area (TPSA) is 3.24 Å². The van der Waals surface area contributed by atoms with Crippen LogP contribution in [0.25, 0.3) is 0 Å². The zero-order valence-electron chi connectivity index (χ0n) is 8.92. The molecular formula is C12H21N. The van der Waals surface area contributed by atoms with Crippen molar-refractivity contribution in [2.24, 2.45) is 11.8 Å². The van der Waals surface area contributed by atoms with Gasteiger partial charge < -0.3 is 4.90 Å². The Kier molecular flexibility index (Phi) is 2.73. The molecule has 1 aliphatic heterocycles. The molecule has 0 radical (unpaired) electrons. The lowest BCUT2D eigenvalue weighted by atomic mass is 9.90. The third-order valence-corrected chi connectivity index (χ3v) is 3.71. The van der Waals surface area contributed by atoms with Crippen molar-refractivity contribution in [2.75, 3.05) is 19.6 Å². The lowest BCUT2D eigenvalue weighted by Gasteiger charge is -2.14. The zero-order chi connectivity index (χ0) is 9.26. The Morgan fingerprint density at radius 2 is 2.15 bits per heavy atom. The van der Waals surface area contributed by atoms with Crippen LogP contribution in [0.15, 0.2) is 11.6 Å². The first kappa shape index (κ1) is 9.26. The van der Waals surface area contributed by atoms with E-state index in [0.29, 0.717) is 0 Å². The third-order valence-electron chi connectivity index (χ3n) is 3.71. The van der Waals surface area contributed by atoms with Crippen molar-refractivity contribution in [2.45, 2.75) is 33.1 Å². The van der Waals surface area contributed by atoms with Crippen LogP contribution in [0.1, 0.15) is 33.1 Å². The van der Waals surface area contributed by atoms with E-state index in [1.807, 2.05) is 0 Å². The Morgan fingerprint density at radius 1 is 1.38 bits per heavy atom. The molecule has 1 nitrogen and oxygen atoms in total. The van der Waals surface area contributed by atoms with Gasteiger partial charge in [0.15, 0.2) is 0 Å². The summed E-state index contributed by atoms with van der Waals surface area (Å²) in [5.41, 5.74) is 1.63. The molecule has 0 saturated carbocycles. The van der Waals surface area contributed by atoms with Crippen LogP contribution in [-0.2, 0) is 0 Å². The van der Waals surface area contributed by atoms with Crippen molar-refractivity contribution >= 4 is 0 Å². The monoisotopic (exact) mass is 179 g/mol. The second kappa shape index (κ2) is 3.83. The number of likely N-dealkylation sites (tertiary alicyclic amines) is 1. The van der Waals surface area contributed by atoms with Crippen molar-refractivity contribution in [3.63, 3.8) is 0 Å². The molecule has 1 fully saturated rings. The van der Waals surface area contributed by atoms with Gasteiger partial charge in [-0.1, -0.05) is 18.6 Å². The van der Waals surface area contributed by atoms with Crippen molar-refractivity contribution in [1.29, 1.82) is 0 Å². The Bertz CT molecular complexity index is 207. The molecule has 2 unspecified atom stereocenters. The molecule has 1 heterocycles. The second-order valence-corrected chi connectivity index (χ2v) is 4.70. The standard InChI is InChI=1S/C12H21N/c1-3-13-8-11-6-4-5-10(2)7-12(11)9-13/h5,11-12H,3-4,6-9H2,1-2H3. The van der Waals surface area contributed by atoms with Gasteiger partial charge in [0.05, 0.1) is 0 Å². The highest BCUT2D eigenvalue weighted by atomic mass is 15.1. The fourth-order valence-electron chi connectivity index (χ4n) is 2.89. The molecule has 13 heavy (non-hydrogen) atoms. The number of fused-ring (bicyclic) bond motifs is 1. The van der Waals surface area contributed by atoms with Gasteiger partial charge in [0, 0.05) is 13.1 Å². The van der Waals surface area contributed by atoms with Crippen molar-refractivity contribution < 1.29 is 0 Å². The lowest BCUT2D eigenvalue weighted by molar-refractivity contribution is 0.336.